The average molecular weight is 239 g/mol. The minimum atomic E-state index is -0.201. The van der Waals surface area contributed by atoms with Crippen molar-refractivity contribution in [2.24, 2.45) is 0 Å². The molecular weight excluding hydrogens is 218 g/mol. The number of carbonyl (C=O) groups excluding carboxylic acids is 1. The molecule has 0 aliphatic carbocycles. The molecule has 17 heavy (non-hydrogen) atoms. The lowest BCUT2D eigenvalue weighted by Gasteiger charge is -2.19. The summed E-state index contributed by atoms with van der Waals surface area (Å²) in [6.07, 6.45) is 2.56. The van der Waals surface area contributed by atoms with Gasteiger partial charge in [0.15, 0.2) is 0 Å². The second kappa shape index (κ2) is 6.90. The van der Waals surface area contributed by atoms with Gasteiger partial charge in [-0.25, -0.2) is 0 Å². The van der Waals surface area contributed by atoms with Crippen LogP contribution in [-0.4, -0.2) is 47.2 Å². The second-order valence-corrected chi connectivity index (χ2v) is 3.89. The van der Waals surface area contributed by atoms with Gasteiger partial charge in [-0.1, -0.05) is 13.8 Å². The summed E-state index contributed by atoms with van der Waals surface area (Å²) in [6, 6.07) is 0. The van der Waals surface area contributed by atoms with E-state index in [0.717, 1.165) is 26.1 Å². The molecule has 0 saturated carbocycles. The van der Waals surface area contributed by atoms with E-state index in [2.05, 4.69) is 34.3 Å². The van der Waals surface area contributed by atoms with E-state index < -0.39 is 0 Å². The van der Waals surface area contributed by atoms with E-state index in [1.807, 2.05) is 0 Å². The van der Waals surface area contributed by atoms with Crippen LogP contribution in [0.25, 0.3) is 0 Å². The summed E-state index contributed by atoms with van der Waals surface area (Å²) in [6.45, 7) is 7.78. The molecule has 0 aliphatic rings. The summed E-state index contributed by atoms with van der Waals surface area (Å²) >= 11 is 0. The van der Waals surface area contributed by atoms with Crippen molar-refractivity contribution >= 4 is 11.6 Å². The largest absolute Gasteiger partial charge is 0.396 e. The number of aromatic nitrogens is 2. The van der Waals surface area contributed by atoms with Crippen molar-refractivity contribution in [2.45, 2.75) is 20.3 Å². The van der Waals surface area contributed by atoms with Crippen LogP contribution in [0, 0.1) is 0 Å². The van der Waals surface area contributed by atoms with Gasteiger partial charge < -0.3 is 16.0 Å². The van der Waals surface area contributed by atoms with Gasteiger partial charge in [-0.3, -0.25) is 9.89 Å². The lowest BCUT2D eigenvalue weighted by Crippen LogP contribution is -2.35. The lowest BCUT2D eigenvalue weighted by atomic mass is 10.3. The molecule has 0 atom stereocenters. The van der Waals surface area contributed by atoms with E-state index in [0.29, 0.717) is 17.9 Å². The third kappa shape index (κ3) is 4.07. The fraction of sp³-hybridized carbons (Fsp3) is 0.636. The smallest absolute Gasteiger partial charge is 0.271 e. The van der Waals surface area contributed by atoms with Crippen LogP contribution >= 0.6 is 0 Å². The number of hydrogen-bond acceptors (Lipinski definition) is 4. The minimum Gasteiger partial charge on any atom is -0.396 e. The number of likely N-dealkylation sites (N-methyl/N-ethyl adjacent to an activating group) is 1. The monoisotopic (exact) mass is 239 g/mol. The first-order valence-electron chi connectivity index (χ1n) is 5.98. The maximum Gasteiger partial charge on any atom is 0.271 e. The molecule has 0 bridgehead atoms. The number of amides is 1. The molecule has 0 fully saturated rings. The van der Waals surface area contributed by atoms with E-state index in [4.69, 9.17) is 5.73 Å². The summed E-state index contributed by atoms with van der Waals surface area (Å²) in [5.41, 5.74) is 6.30. The number of rotatable bonds is 7. The van der Waals surface area contributed by atoms with Gasteiger partial charge in [0.1, 0.15) is 5.69 Å². The van der Waals surface area contributed by atoms with Gasteiger partial charge in [-0.05, 0) is 19.5 Å². The molecule has 0 unspecified atom stereocenters. The van der Waals surface area contributed by atoms with Crippen molar-refractivity contribution in [3.63, 3.8) is 0 Å². The predicted molar refractivity (Wildman–Crippen MR) is 67.7 cm³/mol. The molecule has 6 heteroatoms. The van der Waals surface area contributed by atoms with Gasteiger partial charge in [-0.2, -0.15) is 5.10 Å². The number of nitrogens with one attached hydrogen (secondary N) is 2. The standard InChI is InChI=1S/C11H21N5O/c1-3-6-16(4-2)7-5-13-11(17)10-9(12)8-14-15-10/h8H,3-7,12H2,1-2H3,(H,13,17)(H,14,15). The van der Waals surface area contributed by atoms with Crippen molar-refractivity contribution in [2.75, 3.05) is 31.9 Å². The Hall–Kier alpha value is -1.56. The summed E-state index contributed by atoms with van der Waals surface area (Å²) in [4.78, 5) is 14.0. The zero-order chi connectivity index (χ0) is 12.7. The summed E-state index contributed by atoms with van der Waals surface area (Å²) in [5.74, 6) is -0.201. The van der Waals surface area contributed by atoms with Gasteiger partial charge in [0.2, 0.25) is 0 Å². The Bertz CT molecular complexity index is 349. The molecule has 6 nitrogen and oxygen atoms in total. The number of H-pyrrole nitrogens is 1. The molecule has 0 radical (unpaired) electrons. The molecule has 0 aliphatic heterocycles. The molecule has 0 aromatic carbocycles. The maximum atomic E-state index is 11.7. The van der Waals surface area contributed by atoms with Crippen LogP contribution in [0.3, 0.4) is 0 Å². The first-order valence-corrected chi connectivity index (χ1v) is 5.98. The van der Waals surface area contributed by atoms with E-state index in [1.54, 1.807) is 0 Å². The van der Waals surface area contributed by atoms with Crippen LogP contribution in [0.4, 0.5) is 5.69 Å². The first kappa shape index (κ1) is 13.5. The highest BCUT2D eigenvalue weighted by molar-refractivity contribution is 5.96. The fourth-order valence-electron chi connectivity index (χ4n) is 1.64. The Kier molecular flexibility index (Phi) is 5.48. The topological polar surface area (TPSA) is 87.0 Å². The van der Waals surface area contributed by atoms with Crippen LogP contribution in [0.15, 0.2) is 6.20 Å². The average Bonchev–Trinajstić information content (AvgIpc) is 2.74. The molecule has 1 amide bonds. The highest BCUT2D eigenvalue weighted by Gasteiger charge is 2.11. The Balaban J connectivity index is 2.31. The Morgan fingerprint density at radius 2 is 2.29 bits per heavy atom. The zero-order valence-electron chi connectivity index (χ0n) is 10.5. The number of nitrogen functional groups attached to an aromatic ring is 1. The predicted octanol–water partition coefficient (Wildman–Crippen LogP) is 0.454. The number of carbonyl (C=O) groups is 1. The van der Waals surface area contributed by atoms with Crippen LogP contribution in [0.2, 0.25) is 0 Å². The Morgan fingerprint density at radius 1 is 1.53 bits per heavy atom. The quantitative estimate of drug-likeness (QED) is 0.645. The molecule has 0 spiro atoms. The molecule has 0 saturated heterocycles. The van der Waals surface area contributed by atoms with Crippen LogP contribution in [0.5, 0.6) is 0 Å². The Labute approximate surface area is 102 Å². The van der Waals surface area contributed by atoms with Crippen LogP contribution in [0.1, 0.15) is 30.8 Å². The fourth-order valence-corrected chi connectivity index (χ4v) is 1.64. The van der Waals surface area contributed by atoms with Crippen molar-refractivity contribution in [3.05, 3.63) is 11.9 Å². The third-order valence-corrected chi connectivity index (χ3v) is 2.60. The van der Waals surface area contributed by atoms with E-state index in [9.17, 15) is 4.79 Å². The maximum absolute atomic E-state index is 11.7. The molecule has 4 N–H and O–H groups in total. The number of nitrogens with two attached hydrogens (primary N) is 1. The van der Waals surface area contributed by atoms with Crippen molar-refractivity contribution < 1.29 is 4.79 Å². The summed E-state index contributed by atoms with van der Waals surface area (Å²) < 4.78 is 0. The van der Waals surface area contributed by atoms with Crippen LogP contribution in [-0.2, 0) is 0 Å². The molecule has 96 valence electrons. The minimum absolute atomic E-state index is 0.201. The van der Waals surface area contributed by atoms with E-state index in [1.165, 1.54) is 6.20 Å². The summed E-state index contributed by atoms with van der Waals surface area (Å²) in [5, 5.41) is 9.11. The highest BCUT2D eigenvalue weighted by atomic mass is 16.1. The third-order valence-electron chi connectivity index (χ3n) is 2.60. The van der Waals surface area contributed by atoms with Gasteiger partial charge in [0.25, 0.3) is 5.91 Å². The van der Waals surface area contributed by atoms with E-state index >= 15 is 0 Å². The molecular formula is C11H21N5O. The number of nitrogens with zero attached hydrogens (tertiary/aromatic N) is 2. The molecule has 1 heterocycles. The second-order valence-electron chi connectivity index (χ2n) is 3.89. The zero-order valence-corrected chi connectivity index (χ0v) is 10.5. The van der Waals surface area contributed by atoms with Crippen molar-refractivity contribution in [1.82, 2.24) is 20.4 Å². The van der Waals surface area contributed by atoms with E-state index in [-0.39, 0.29) is 5.91 Å². The number of anilines is 1. The highest BCUT2D eigenvalue weighted by Crippen LogP contribution is 2.04. The number of aromatic amines is 1. The SMILES string of the molecule is CCCN(CC)CCNC(=O)c1[nH]ncc1N. The molecule has 1 aromatic rings. The number of hydrogen-bond donors (Lipinski definition) is 3. The van der Waals surface area contributed by atoms with Crippen LogP contribution < -0.4 is 11.1 Å². The Morgan fingerprint density at radius 3 is 2.82 bits per heavy atom. The summed E-state index contributed by atoms with van der Waals surface area (Å²) in [7, 11) is 0. The van der Waals surface area contributed by atoms with Gasteiger partial charge in [0.05, 0.1) is 11.9 Å². The van der Waals surface area contributed by atoms with Gasteiger partial charge in [-0.15, -0.1) is 0 Å². The molecule has 1 aromatic heterocycles. The van der Waals surface area contributed by atoms with Crippen molar-refractivity contribution in [1.29, 1.82) is 0 Å². The first-order chi connectivity index (χ1) is 8.19. The lowest BCUT2D eigenvalue weighted by molar-refractivity contribution is 0.0944. The normalized spacial score (nSPS) is 10.8. The van der Waals surface area contributed by atoms with Gasteiger partial charge in [0, 0.05) is 13.1 Å². The van der Waals surface area contributed by atoms with Crippen molar-refractivity contribution in [3.8, 4) is 0 Å². The van der Waals surface area contributed by atoms with Gasteiger partial charge >= 0.3 is 0 Å². The molecule has 1 rings (SSSR count).